The maximum Gasteiger partial charge on any atom is 0.253 e. The zero-order valence-electron chi connectivity index (χ0n) is 13.8. The Bertz CT molecular complexity index is 518. The fraction of sp³-hybridized carbons (Fsp3) is 0.611. The van der Waals surface area contributed by atoms with E-state index in [1.54, 1.807) is 7.11 Å². The van der Waals surface area contributed by atoms with E-state index in [9.17, 15) is 4.79 Å². The Morgan fingerprint density at radius 3 is 2.74 bits per heavy atom. The summed E-state index contributed by atoms with van der Waals surface area (Å²) in [4.78, 5) is 14.7. The average Bonchev–Trinajstić information content (AvgIpc) is 2.91. The van der Waals surface area contributed by atoms with Gasteiger partial charge in [0.05, 0.1) is 6.61 Å². The van der Waals surface area contributed by atoms with Gasteiger partial charge in [-0.15, -0.1) is 0 Å². The quantitative estimate of drug-likeness (QED) is 0.816. The van der Waals surface area contributed by atoms with Crippen LogP contribution in [0.25, 0.3) is 0 Å². The van der Waals surface area contributed by atoms with E-state index in [0.717, 1.165) is 37.2 Å². The summed E-state index contributed by atoms with van der Waals surface area (Å²) in [6.45, 7) is 3.00. The SMILES string of the molecule is COCCCOc1ccc(C(=O)N2CCC3CCC(C2)N3)cc1. The molecule has 0 aliphatic carbocycles. The normalized spacial score (nSPS) is 23.6. The molecule has 1 amide bonds. The van der Waals surface area contributed by atoms with E-state index in [1.807, 2.05) is 29.2 Å². The van der Waals surface area contributed by atoms with Crippen molar-refractivity contribution >= 4 is 5.91 Å². The minimum atomic E-state index is 0.130. The molecule has 2 aliphatic heterocycles. The highest BCUT2D eigenvalue weighted by Gasteiger charge is 2.31. The number of hydrogen-bond donors (Lipinski definition) is 1. The van der Waals surface area contributed by atoms with Crippen LogP contribution in [0.5, 0.6) is 5.75 Å². The van der Waals surface area contributed by atoms with Crippen molar-refractivity contribution in [1.29, 1.82) is 0 Å². The highest BCUT2D eigenvalue weighted by Crippen LogP contribution is 2.22. The lowest BCUT2D eigenvalue weighted by molar-refractivity contribution is 0.0748. The van der Waals surface area contributed by atoms with Crippen LogP contribution in [-0.2, 0) is 4.74 Å². The first-order valence-corrected chi connectivity index (χ1v) is 8.53. The number of rotatable bonds is 6. The molecule has 23 heavy (non-hydrogen) atoms. The standard InChI is InChI=1S/C18H26N2O3/c1-22-11-2-12-23-17-7-3-14(4-8-17)18(21)20-10-9-15-5-6-16(13-20)19-15/h3-4,7-8,15-16,19H,2,5-6,9-13H2,1H3. The Hall–Kier alpha value is -1.59. The number of carbonyl (C=O) groups excluding carboxylic acids is 1. The van der Waals surface area contributed by atoms with Gasteiger partial charge in [0, 0.05) is 50.9 Å². The van der Waals surface area contributed by atoms with E-state index in [1.165, 1.54) is 12.8 Å². The third-order valence-corrected chi connectivity index (χ3v) is 4.67. The Labute approximate surface area is 137 Å². The van der Waals surface area contributed by atoms with Crippen molar-refractivity contribution < 1.29 is 14.3 Å². The summed E-state index contributed by atoms with van der Waals surface area (Å²) >= 11 is 0. The van der Waals surface area contributed by atoms with Crippen LogP contribution < -0.4 is 10.1 Å². The van der Waals surface area contributed by atoms with Gasteiger partial charge in [-0.1, -0.05) is 0 Å². The Kier molecular flexibility index (Phi) is 5.51. The molecule has 2 aliphatic rings. The first-order chi connectivity index (χ1) is 11.3. The summed E-state index contributed by atoms with van der Waals surface area (Å²) in [7, 11) is 1.69. The van der Waals surface area contributed by atoms with E-state index >= 15 is 0 Å². The van der Waals surface area contributed by atoms with Crippen LogP contribution >= 0.6 is 0 Å². The minimum absolute atomic E-state index is 0.130. The number of nitrogens with one attached hydrogen (secondary N) is 1. The van der Waals surface area contributed by atoms with Crippen LogP contribution in [0.1, 0.15) is 36.0 Å². The van der Waals surface area contributed by atoms with E-state index in [2.05, 4.69) is 5.32 Å². The largest absolute Gasteiger partial charge is 0.494 e. The van der Waals surface area contributed by atoms with Crippen molar-refractivity contribution in [2.45, 2.75) is 37.8 Å². The monoisotopic (exact) mass is 318 g/mol. The van der Waals surface area contributed by atoms with E-state index in [0.29, 0.717) is 25.3 Å². The first kappa shape index (κ1) is 16.3. The lowest BCUT2D eigenvalue weighted by atomic mass is 10.1. The van der Waals surface area contributed by atoms with Crippen LogP contribution in [0.2, 0.25) is 0 Å². The molecule has 5 nitrogen and oxygen atoms in total. The van der Waals surface area contributed by atoms with Gasteiger partial charge in [0.25, 0.3) is 5.91 Å². The molecule has 2 heterocycles. The molecule has 2 saturated heterocycles. The summed E-state index contributed by atoms with van der Waals surface area (Å²) in [6, 6.07) is 8.55. The highest BCUT2D eigenvalue weighted by atomic mass is 16.5. The zero-order valence-corrected chi connectivity index (χ0v) is 13.8. The molecule has 1 aromatic carbocycles. The first-order valence-electron chi connectivity index (χ1n) is 8.53. The van der Waals surface area contributed by atoms with Gasteiger partial charge in [0.2, 0.25) is 0 Å². The number of carbonyl (C=O) groups is 1. The molecule has 2 atom stereocenters. The van der Waals surface area contributed by atoms with E-state index < -0.39 is 0 Å². The molecule has 2 fully saturated rings. The lowest BCUT2D eigenvalue weighted by Crippen LogP contribution is -2.39. The minimum Gasteiger partial charge on any atom is -0.494 e. The maximum absolute atomic E-state index is 12.7. The van der Waals surface area contributed by atoms with Crippen LogP contribution in [0.3, 0.4) is 0 Å². The van der Waals surface area contributed by atoms with Crippen LogP contribution in [0.4, 0.5) is 0 Å². The second kappa shape index (κ2) is 7.79. The molecule has 0 aromatic heterocycles. The molecule has 0 spiro atoms. The number of ether oxygens (including phenoxy) is 2. The number of fused-ring (bicyclic) bond motifs is 2. The number of likely N-dealkylation sites (tertiary alicyclic amines) is 1. The van der Waals surface area contributed by atoms with Crippen molar-refractivity contribution in [3.05, 3.63) is 29.8 Å². The topological polar surface area (TPSA) is 50.8 Å². The lowest BCUT2D eigenvalue weighted by Gasteiger charge is -2.24. The molecule has 2 bridgehead atoms. The van der Waals surface area contributed by atoms with Crippen molar-refractivity contribution in [2.24, 2.45) is 0 Å². The van der Waals surface area contributed by atoms with Gasteiger partial charge < -0.3 is 19.7 Å². The molecule has 126 valence electrons. The molecule has 0 radical (unpaired) electrons. The molecular formula is C18H26N2O3. The van der Waals surface area contributed by atoms with Crippen molar-refractivity contribution in [3.63, 3.8) is 0 Å². The van der Waals surface area contributed by atoms with E-state index in [-0.39, 0.29) is 5.91 Å². The second-order valence-electron chi connectivity index (χ2n) is 6.40. The van der Waals surface area contributed by atoms with E-state index in [4.69, 9.17) is 9.47 Å². The van der Waals surface area contributed by atoms with Crippen LogP contribution in [-0.4, -0.2) is 56.3 Å². The van der Waals surface area contributed by atoms with Crippen LogP contribution in [0.15, 0.2) is 24.3 Å². The highest BCUT2D eigenvalue weighted by molar-refractivity contribution is 5.94. The Balaban J connectivity index is 1.55. The van der Waals surface area contributed by atoms with Gasteiger partial charge in [-0.25, -0.2) is 0 Å². The number of hydrogen-bond acceptors (Lipinski definition) is 4. The second-order valence-corrected chi connectivity index (χ2v) is 6.40. The van der Waals surface area contributed by atoms with Gasteiger partial charge in [-0.05, 0) is 43.5 Å². The smallest absolute Gasteiger partial charge is 0.253 e. The number of nitrogens with zero attached hydrogens (tertiary/aromatic N) is 1. The van der Waals surface area contributed by atoms with Gasteiger partial charge in [-0.2, -0.15) is 0 Å². The summed E-state index contributed by atoms with van der Waals surface area (Å²) in [5.41, 5.74) is 0.743. The zero-order chi connectivity index (χ0) is 16.1. The predicted octanol–water partition coefficient (Wildman–Crippen LogP) is 2.07. The van der Waals surface area contributed by atoms with Crippen LogP contribution in [0, 0.1) is 0 Å². The number of benzene rings is 1. The summed E-state index contributed by atoms with van der Waals surface area (Å²) < 4.78 is 10.6. The maximum atomic E-state index is 12.7. The molecule has 3 rings (SSSR count). The van der Waals surface area contributed by atoms with Gasteiger partial charge in [0.1, 0.15) is 5.75 Å². The molecule has 2 unspecified atom stereocenters. The number of amides is 1. The fourth-order valence-corrected chi connectivity index (χ4v) is 3.40. The summed E-state index contributed by atoms with van der Waals surface area (Å²) in [6.07, 6.45) is 4.36. The summed E-state index contributed by atoms with van der Waals surface area (Å²) in [5, 5.41) is 3.61. The fourth-order valence-electron chi connectivity index (χ4n) is 3.40. The molecule has 5 heteroatoms. The number of methoxy groups -OCH3 is 1. The Morgan fingerprint density at radius 2 is 1.96 bits per heavy atom. The molecule has 0 saturated carbocycles. The van der Waals surface area contributed by atoms with Gasteiger partial charge in [0.15, 0.2) is 0 Å². The van der Waals surface area contributed by atoms with Crippen molar-refractivity contribution in [2.75, 3.05) is 33.4 Å². The Morgan fingerprint density at radius 1 is 1.17 bits per heavy atom. The predicted molar refractivity (Wildman–Crippen MR) is 88.9 cm³/mol. The van der Waals surface area contributed by atoms with Gasteiger partial charge in [-0.3, -0.25) is 4.79 Å². The van der Waals surface area contributed by atoms with Crippen molar-refractivity contribution in [1.82, 2.24) is 10.2 Å². The molecular weight excluding hydrogens is 292 g/mol. The van der Waals surface area contributed by atoms with Gasteiger partial charge >= 0.3 is 0 Å². The third kappa shape index (κ3) is 4.24. The average molecular weight is 318 g/mol. The molecule has 1 aromatic rings. The molecule has 1 N–H and O–H groups in total. The van der Waals surface area contributed by atoms with Crippen molar-refractivity contribution in [3.8, 4) is 5.75 Å². The summed E-state index contributed by atoms with van der Waals surface area (Å²) in [5.74, 6) is 0.930. The third-order valence-electron chi connectivity index (χ3n) is 4.67.